The van der Waals surface area contributed by atoms with Gasteiger partial charge in [0.05, 0.1) is 19.1 Å². The molecule has 0 spiro atoms. The predicted octanol–water partition coefficient (Wildman–Crippen LogP) is 2.91. The van der Waals surface area contributed by atoms with Crippen LogP contribution in [0.25, 0.3) is 0 Å². The van der Waals surface area contributed by atoms with Crippen molar-refractivity contribution < 1.29 is 17.9 Å². The van der Waals surface area contributed by atoms with E-state index in [-0.39, 0.29) is 10.9 Å². The van der Waals surface area contributed by atoms with E-state index in [2.05, 4.69) is 43.0 Å². The minimum Gasteiger partial charge on any atom is -0.493 e. The maximum absolute atomic E-state index is 13.1. The first kappa shape index (κ1) is 19.5. The van der Waals surface area contributed by atoms with Gasteiger partial charge in [0.15, 0.2) is 11.5 Å². The smallest absolute Gasteiger partial charge is 0.243 e. The maximum atomic E-state index is 13.1. The minimum atomic E-state index is -3.59. The number of ether oxygens (including phenoxy) is 2. The Bertz CT molecular complexity index is 897. The van der Waals surface area contributed by atoms with Gasteiger partial charge in [0.25, 0.3) is 0 Å². The fourth-order valence-electron chi connectivity index (χ4n) is 3.39. The highest BCUT2D eigenvalue weighted by Crippen LogP contribution is 2.31. The number of methoxy groups -OCH3 is 2. The van der Waals surface area contributed by atoms with Gasteiger partial charge in [0.2, 0.25) is 10.0 Å². The quantitative estimate of drug-likeness (QED) is 0.786. The summed E-state index contributed by atoms with van der Waals surface area (Å²) in [5.41, 5.74) is 2.33. The number of benzene rings is 2. The van der Waals surface area contributed by atoms with Crippen LogP contribution < -0.4 is 14.4 Å². The number of aryl methyl sites for hydroxylation is 1. The Hall–Kier alpha value is -2.25. The van der Waals surface area contributed by atoms with E-state index in [9.17, 15) is 8.42 Å². The van der Waals surface area contributed by atoms with Gasteiger partial charge in [-0.2, -0.15) is 4.31 Å². The average molecular weight is 391 g/mol. The topological polar surface area (TPSA) is 59.1 Å². The molecule has 0 aromatic heterocycles. The second kappa shape index (κ2) is 7.78. The van der Waals surface area contributed by atoms with Gasteiger partial charge in [-0.25, -0.2) is 8.42 Å². The summed E-state index contributed by atoms with van der Waals surface area (Å²) >= 11 is 0. The second-order valence-corrected chi connectivity index (χ2v) is 8.70. The molecule has 0 aliphatic carbocycles. The molecule has 1 atom stereocenters. The van der Waals surface area contributed by atoms with Crippen LogP contribution in [-0.4, -0.2) is 52.6 Å². The maximum Gasteiger partial charge on any atom is 0.243 e. The van der Waals surface area contributed by atoms with Crippen molar-refractivity contribution >= 4 is 15.7 Å². The SMILES string of the molecule is COc1ccc(S(=O)(=O)N2CCN(c3ccc(C)cc3)[C@H](C)C2)cc1OC. The van der Waals surface area contributed by atoms with Gasteiger partial charge in [-0.3, -0.25) is 0 Å². The van der Waals surface area contributed by atoms with E-state index in [4.69, 9.17) is 9.47 Å². The summed E-state index contributed by atoms with van der Waals surface area (Å²) in [7, 11) is -0.571. The van der Waals surface area contributed by atoms with Crippen LogP contribution in [-0.2, 0) is 10.0 Å². The third-order valence-corrected chi connectivity index (χ3v) is 6.81. The third-order valence-electron chi connectivity index (χ3n) is 4.95. The number of nitrogens with zero attached hydrogens (tertiary/aromatic N) is 2. The Morgan fingerprint density at radius 1 is 0.963 bits per heavy atom. The first-order valence-corrected chi connectivity index (χ1v) is 10.4. The third kappa shape index (κ3) is 3.89. The molecule has 7 heteroatoms. The Labute approximate surface area is 161 Å². The minimum absolute atomic E-state index is 0.0800. The fourth-order valence-corrected chi connectivity index (χ4v) is 4.92. The lowest BCUT2D eigenvalue weighted by Gasteiger charge is -2.40. The van der Waals surface area contributed by atoms with E-state index in [0.29, 0.717) is 31.1 Å². The molecule has 6 nitrogen and oxygen atoms in total. The molecule has 2 aromatic carbocycles. The van der Waals surface area contributed by atoms with Crippen molar-refractivity contribution in [3.63, 3.8) is 0 Å². The summed E-state index contributed by atoms with van der Waals surface area (Å²) in [6.07, 6.45) is 0. The van der Waals surface area contributed by atoms with Crippen LogP contribution in [0.4, 0.5) is 5.69 Å². The molecule has 0 saturated carbocycles. The molecule has 1 aliphatic rings. The summed E-state index contributed by atoms with van der Waals surface area (Å²) in [5.74, 6) is 0.916. The van der Waals surface area contributed by atoms with Crippen LogP contribution in [0.1, 0.15) is 12.5 Å². The number of rotatable bonds is 5. The van der Waals surface area contributed by atoms with Gasteiger partial charge in [-0.1, -0.05) is 17.7 Å². The highest BCUT2D eigenvalue weighted by Gasteiger charge is 2.32. The summed E-state index contributed by atoms with van der Waals surface area (Å²) < 4.78 is 38.2. The molecular weight excluding hydrogens is 364 g/mol. The molecule has 1 fully saturated rings. The van der Waals surface area contributed by atoms with Crippen LogP contribution in [0.5, 0.6) is 11.5 Å². The lowest BCUT2D eigenvalue weighted by molar-refractivity contribution is 0.340. The largest absolute Gasteiger partial charge is 0.493 e. The summed E-state index contributed by atoms with van der Waals surface area (Å²) in [4.78, 5) is 2.47. The van der Waals surface area contributed by atoms with Crippen LogP contribution in [0.2, 0.25) is 0 Å². The standard InChI is InChI=1S/C20H26N2O4S/c1-15-5-7-17(8-6-15)22-12-11-21(14-16(22)2)27(23,24)18-9-10-19(25-3)20(13-18)26-4/h5-10,13,16H,11-12,14H2,1-4H3/t16-/m1/s1. The van der Waals surface area contributed by atoms with Crippen molar-refractivity contribution in [1.29, 1.82) is 0 Å². The van der Waals surface area contributed by atoms with Gasteiger partial charge in [0.1, 0.15) is 0 Å². The van der Waals surface area contributed by atoms with Crippen molar-refractivity contribution in [2.24, 2.45) is 0 Å². The van der Waals surface area contributed by atoms with Gasteiger partial charge >= 0.3 is 0 Å². The van der Waals surface area contributed by atoms with E-state index in [1.165, 1.54) is 25.8 Å². The Kier molecular flexibility index (Phi) is 5.62. The second-order valence-electron chi connectivity index (χ2n) is 6.76. The number of piperazine rings is 1. The van der Waals surface area contributed by atoms with E-state index in [1.807, 2.05) is 0 Å². The van der Waals surface area contributed by atoms with Gasteiger partial charge in [0, 0.05) is 37.4 Å². The number of anilines is 1. The molecule has 0 N–H and O–H groups in total. The Balaban J connectivity index is 1.80. The van der Waals surface area contributed by atoms with Gasteiger partial charge in [-0.05, 0) is 38.1 Å². The zero-order valence-corrected chi connectivity index (χ0v) is 17.0. The molecule has 0 radical (unpaired) electrons. The molecule has 0 unspecified atom stereocenters. The van der Waals surface area contributed by atoms with E-state index in [1.54, 1.807) is 16.4 Å². The van der Waals surface area contributed by atoms with Crippen LogP contribution in [0, 0.1) is 6.92 Å². The van der Waals surface area contributed by atoms with Crippen LogP contribution in [0.15, 0.2) is 47.4 Å². The van der Waals surface area contributed by atoms with Gasteiger partial charge < -0.3 is 14.4 Å². The van der Waals surface area contributed by atoms with E-state index < -0.39 is 10.0 Å². The monoisotopic (exact) mass is 390 g/mol. The van der Waals surface area contributed by atoms with Crippen molar-refractivity contribution in [3.05, 3.63) is 48.0 Å². The molecule has 1 saturated heterocycles. The molecule has 0 bridgehead atoms. The first-order chi connectivity index (χ1) is 12.9. The van der Waals surface area contributed by atoms with E-state index >= 15 is 0 Å². The summed E-state index contributed by atoms with van der Waals surface area (Å²) in [6, 6.07) is 13.1. The molecular formula is C20H26N2O4S. The zero-order valence-electron chi connectivity index (χ0n) is 16.2. The fraction of sp³-hybridized carbons (Fsp3) is 0.400. The molecule has 1 aliphatic heterocycles. The van der Waals surface area contributed by atoms with Crippen molar-refractivity contribution in [2.75, 3.05) is 38.8 Å². The molecule has 3 rings (SSSR count). The molecule has 146 valence electrons. The summed E-state index contributed by atoms with van der Waals surface area (Å²) in [5, 5.41) is 0. The van der Waals surface area contributed by atoms with E-state index in [0.717, 1.165) is 5.69 Å². The molecule has 27 heavy (non-hydrogen) atoms. The predicted molar refractivity (Wildman–Crippen MR) is 106 cm³/mol. The lowest BCUT2D eigenvalue weighted by Crippen LogP contribution is -2.53. The number of sulfonamides is 1. The highest BCUT2D eigenvalue weighted by molar-refractivity contribution is 7.89. The first-order valence-electron chi connectivity index (χ1n) is 8.92. The van der Waals surface area contributed by atoms with Crippen molar-refractivity contribution in [2.45, 2.75) is 24.8 Å². The average Bonchev–Trinajstić information content (AvgIpc) is 2.68. The molecule has 2 aromatic rings. The molecule has 0 amide bonds. The number of hydrogen-bond acceptors (Lipinski definition) is 5. The number of hydrogen-bond donors (Lipinski definition) is 0. The van der Waals surface area contributed by atoms with Crippen molar-refractivity contribution in [3.8, 4) is 11.5 Å². The Morgan fingerprint density at radius 3 is 2.22 bits per heavy atom. The lowest BCUT2D eigenvalue weighted by atomic mass is 10.1. The summed E-state index contributed by atoms with van der Waals surface area (Å²) in [6.45, 7) is 5.63. The highest BCUT2D eigenvalue weighted by atomic mass is 32.2. The normalized spacial score (nSPS) is 18.4. The Morgan fingerprint density at radius 2 is 1.63 bits per heavy atom. The molecule has 1 heterocycles. The van der Waals surface area contributed by atoms with Gasteiger partial charge in [-0.15, -0.1) is 0 Å². The van der Waals surface area contributed by atoms with Crippen molar-refractivity contribution in [1.82, 2.24) is 4.31 Å². The van der Waals surface area contributed by atoms with Crippen LogP contribution >= 0.6 is 0 Å². The zero-order chi connectivity index (χ0) is 19.6. The van der Waals surface area contributed by atoms with Crippen LogP contribution in [0.3, 0.4) is 0 Å².